The largest absolute Gasteiger partial charge is 0.378 e. The third-order valence-corrected chi connectivity index (χ3v) is 5.05. The average molecular weight is 382 g/mol. The maximum absolute atomic E-state index is 12.5. The van der Waals surface area contributed by atoms with Crippen LogP contribution in [-0.4, -0.2) is 45.5 Å². The van der Waals surface area contributed by atoms with Crippen molar-refractivity contribution in [3.05, 3.63) is 60.2 Å². The van der Waals surface area contributed by atoms with Crippen molar-refractivity contribution in [2.75, 3.05) is 24.3 Å². The molecule has 7 nitrogen and oxygen atoms in total. The Balaban J connectivity index is 1.61. The number of rotatable bonds is 7. The Bertz CT molecular complexity index is 879. The summed E-state index contributed by atoms with van der Waals surface area (Å²) < 4.78 is 1.70. The van der Waals surface area contributed by atoms with Gasteiger partial charge in [0.1, 0.15) is 0 Å². The van der Waals surface area contributed by atoms with Crippen molar-refractivity contribution < 1.29 is 4.79 Å². The highest BCUT2D eigenvalue weighted by molar-refractivity contribution is 8.00. The quantitative estimate of drug-likeness (QED) is 0.633. The summed E-state index contributed by atoms with van der Waals surface area (Å²) in [5.74, 6) is -0.0909. The van der Waals surface area contributed by atoms with E-state index in [9.17, 15) is 4.79 Å². The van der Waals surface area contributed by atoms with Gasteiger partial charge in [-0.1, -0.05) is 42.1 Å². The third-order valence-electron chi connectivity index (χ3n) is 3.98. The summed E-state index contributed by atoms with van der Waals surface area (Å²) in [7, 11) is 3.96. The predicted molar refractivity (Wildman–Crippen MR) is 108 cm³/mol. The molecule has 1 unspecified atom stereocenters. The first-order valence-electron chi connectivity index (χ1n) is 8.58. The van der Waals surface area contributed by atoms with Gasteiger partial charge in [0.2, 0.25) is 11.1 Å². The van der Waals surface area contributed by atoms with Crippen molar-refractivity contribution >= 4 is 29.0 Å². The molecule has 2 aromatic carbocycles. The minimum Gasteiger partial charge on any atom is -0.378 e. The van der Waals surface area contributed by atoms with Gasteiger partial charge in [0.15, 0.2) is 0 Å². The number of hydrogen-bond acceptors (Lipinski definition) is 6. The zero-order chi connectivity index (χ0) is 19.2. The maximum Gasteiger partial charge on any atom is 0.237 e. The van der Waals surface area contributed by atoms with Crippen LogP contribution in [-0.2, 0) is 11.3 Å². The number of benzene rings is 2. The molecule has 1 N–H and O–H groups in total. The molecule has 140 valence electrons. The van der Waals surface area contributed by atoms with E-state index >= 15 is 0 Å². The topological polar surface area (TPSA) is 75.9 Å². The Morgan fingerprint density at radius 2 is 1.85 bits per heavy atom. The lowest BCUT2D eigenvalue weighted by Gasteiger charge is -2.14. The number of carbonyl (C=O) groups is 1. The van der Waals surface area contributed by atoms with E-state index in [1.165, 1.54) is 11.8 Å². The van der Waals surface area contributed by atoms with Crippen molar-refractivity contribution in [2.24, 2.45) is 0 Å². The molecule has 0 saturated carbocycles. The van der Waals surface area contributed by atoms with E-state index in [0.29, 0.717) is 11.7 Å². The Morgan fingerprint density at radius 3 is 2.52 bits per heavy atom. The van der Waals surface area contributed by atoms with E-state index in [2.05, 4.69) is 20.8 Å². The summed E-state index contributed by atoms with van der Waals surface area (Å²) in [4.78, 5) is 14.5. The fourth-order valence-electron chi connectivity index (χ4n) is 2.43. The average Bonchev–Trinajstić information content (AvgIpc) is 3.09. The molecule has 0 spiro atoms. The summed E-state index contributed by atoms with van der Waals surface area (Å²) >= 11 is 1.34. The molecule has 27 heavy (non-hydrogen) atoms. The molecule has 1 aromatic heterocycles. The molecule has 3 rings (SSSR count). The fraction of sp³-hybridized carbons (Fsp3) is 0.263. The third kappa shape index (κ3) is 5.07. The van der Waals surface area contributed by atoms with Gasteiger partial charge in [0.05, 0.1) is 11.8 Å². The molecule has 0 aliphatic heterocycles. The molecule has 0 aliphatic carbocycles. The second-order valence-electron chi connectivity index (χ2n) is 6.30. The molecule has 1 atom stereocenters. The van der Waals surface area contributed by atoms with Crippen molar-refractivity contribution in [3.8, 4) is 0 Å². The molecular formula is C19H22N6OS. The normalized spacial score (nSPS) is 11.8. The number of anilines is 2. The highest BCUT2D eigenvalue weighted by Crippen LogP contribution is 2.23. The Hall–Kier alpha value is -2.87. The standard InChI is InChI=1S/C19H22N6OS/c1-14(18(26)20-16-9-11-17(12-10-16)24(2)3)27-19-21-22-23-25(19)13-15-7-5-4-6-8-15/h4-12,14H,13H2,1-3H3,(H,20,26). The highest BCUT2D eigenvalue weighted by Gasteiger charge is 2.19. The molecular weight excluding hydrogens is 360 g/mol. The van der Waals surface area contributed by atoms with Crippen LogP contribution < -0.4 is 10.2 Å². The van der Waals surface area contributed by atoms with E-state index in [0.717, 1.165) is 16.9 Å². The first kappa shape index (κ1) is 18.9. The number of aromatic nitrogens is 4. The molecule has 0 saturated heterocycles. The minimum absolute atomic E-state index is 0.0909. The monoisotopic (exact) mass is 382 g/mol. The van der Waals surface area contributed by atoms with Crippen LogP contribution in [0.4, 0.5) is 11.4 Å². The summed E-state index contributed by atoms with van der Waals surface area (Å²) in [5, 5.41) is 15.0. The van der Waals surface area contributed by atoms with Crippen LogP contribution >= 0.6 is 11.8 Å². The molecule has 1 amide bonds. The zero-order valence-electron chi connectivity index (χ0n) is 15.5. The van der Waals surface area contributed by atoms with Crippen LogP contribution in [0.2, 0.25) is 0 Å². The van der Waals surface area contributed by atoms with Crippen molar-refractivity contribution in [1.29, 1.82) is 0 Å². The van der Waals surface area contributed by atoms with Gasteiger partial charge < -0.3 is 10.2 Å². The summed E-state index contributed by atoms with van der Waals surface area (Å²) in [6, 6.07) is 17.7. The van der Waals surface area contributed by atoms with Gasteiger partial charge in [-0.05, 0) is 47.2 Å². The molecule has 0 radical (unpaired) electrons. The summed E-state index contributed by atoms with van der Waals surface area (Å²) in [6.07, 6.45) is 0. The summed E-state index contributed by atoms with van der Waals surface area (Å²) in [5.41, 5.74) is 2.95. The van der Waals surface area contributed by atoms with E-state index in [1.54, 1.807) is 4.68 Å². The SMILES string of the molecule is CC(Sc1nnnn1Cc1ccccc1)C(=O)Nc1ccc(N(C)C)cc1. The second kappa shape index (κ2) is 8.68. The zero-order valence-corrected chi connectivity index (χ0v) is 16.3. The number of nitrogens with one attached hydrogen (secondary N) is 1. The number of amides is 1. The Labute approximate surface area is 162 Å². The molecule has 0 aliphatic rings. The van der Waals surface area contributed by atoms with Crippen molar-refractivity contribution in [3.63, 3.8) is 0 Å². The van der Waals surface area contributed by atoms with E-state index in [1.807, 2.05) is 80.5 Å². The van der Waals surface area contributed by atoms with Gasteiger partial charge in [0, 0.05) is 25.5 Å². The van der Waals surface area contributed by atoms with Gasteiger partial charge in [-0.2, -0.15) is 0 Å². The first-order valence-corrected chi connectivity index (χ1v) is 9.46. The van der Waals surface area contributed by atoms with Gasteiger partial charge in [0.25, 0.3) is 0 Å². The number of thioether (sulfide) groups is 1. The lowest BCUT2D eigenvalue weighted by atomic mass is 10.2. The lowest BCUT2D eigenvalue weighted by Crippen LogP contribution is -2.23. The van der Waals surface area contributed by atoms with Crippen LogP contribution in [0.1, 0.15) is 12.5 Å². The van der Waals surface area contributed by atoms with Crippen molar-refractivity contribution in [2.45, 2.75) is 23.9 Å². The second-order valence-corrected chi connectivity index (χ2v) is 7.60. The van der Waals surface area contributed by atoms with Crippen LogP contribution in [0, 0.1) is 0 Å². The molecule has 1 heterocycles. The number of carbonyl (C=O) groups excluding carboxylic acids is 1. The Morgan fingerprint density at radius 1 is 1.15 bits per heavy atom. The van der Waals surface area contributed by atoms with E-state index in [4.69, 9.17) is 0 Å². The smallest absolute Gasteiger partial charge is 0.237 e. The van der Waals surface area contributed by atoms with Crippen molar-refractivity contribution in [1.82, 2.24) is 20.2 Å². The number of hydrogen-bond donors (Lipinski definition) is 1. The van der Waals surface area contributed by atoms with Crippen LogP contribution in [0.3, 0.4) is 0 Å². The number of nitrogens with zero attached hydrogens (tertiary/aromatic N) is 5. The van der Waals surface area contributed by atoms with Gasteiger partial charge >= 0.3 is 0 Å². The van der Waals surface area contributed by atoms with Crippen LogP contribution in [0.15, 0.2) is 59.8 Å². The molecule has 0 fully saturated rings. The van der Waals surface area contributed by atoms with Gasteiger partial charge in [-0.15, -0.1) is 5.10 Å². The molecule has 3 aromatic rings. The summed E-state index contributed by atoms with van der Waals surface area (Å²) in [6.45, 7) is 2.41. The molecule has 0 bridgehead atoms. The predicted octanol–water partition coefficient (Wildman–Crippen LogP) is 2.91. The van der Waals surface area contributed by atoms with Gasteiger partial charge in [-0.3, -0.25) is 4.79 Å². The maximum atomic E-state index is 12.5. The lowest BCUT2D eigenvalue weighted by molar-refractivity contribution is -0.115. The van der Waals surface area contributed by atoms with E-state index < -0.39 is 0 Å². The Kier molecular flexibility index (Phi) is 6.08. The van der Waals surface area contributed by atoms with Gasteiger partial charge in [-0.25, -0.2) is 4.68 Å². The van der Waals surface area contributed by atoms with Crippen LogP contribution in [0.25, 0.3) is 0 Å². The molecule has 8 heteroatoms. The van der Waals surface area contributed by atoms with Crippen LogP contribution in [0.5, 0.6) is 0 Å². The fourth-order valence-corrected chi connectivity index (χ4v) is 3.22. The number of tetrazole rings is 1. The first-order chi connectivity index (χ1) is 13.0. The highest BCUT2D eigenvalue weighted by atomic mass is 32.2. The van der Waals surface area contributed by atoms with E-state index in [-0.39, 0.29) is 11.2 Å². The minimum atomic E-state index is -0.334.